The molecule has 0 amide bonds. The Hall–Kier alpha value is -3.70. The molecule has 1 aliphatic heterocycles. The van der Waals surface area contributed by atoms with E-state index in [1.54, 1.807) is 24.3 Å². The number of nitrogen functional groups attached to an aromatic ring is 1. The lowest BCUT2D eigenvalue weighted by Gasteiger charge is -2.23. The zero-order valence-corrected chi connectivity index (χ0v) is 16.1. The molecule has 1 aliphatic rings. The first-order chi connectivity index (χ1) is 14.8. The zero-order chi connectivity index (χ0) is 22.0. The molecule has 1 unspecified atom stereocenters. The molecule has 2 aromatic carbocycles. The topological polar surface area (TPSA) is 142 Å². The number of imidazole rings is 1. The Bertz CT molecular complexity index is 1460. The largest absolute Gasteiger partial charge is 0.477 e. The first-order valence-corrected chi connectivity index (χ1v) is 9.55. The summed E-state index contributed by atoms with van der Waals surface area (Å²) in [7, 11) is 0. The van der Waals surface area contributed by atoms with E-state index in [1.807, 2.05) is 0 Å². The molecule has 3 heterocycles. The van der Waals surface area contributed by atoms with E-state index in [2.05, 4.69) is 10.4 Å². The van der Waals surface area contributed by atoms with E-state index in [0.29, 0.717) is 24.0 Å². The molecule has 0 aliphatic carbocycles. The second-order valence-electron chi connectivity index (χ2n) is 7.55. The number of halogens is 2. The minimum atomic E-state index is -1.53. The molecule has 0 saturated carbocycles. The van der Waals surface area contributed by atoms with Crippen LogP contribution in [0.25, 0.3) is 27.6 Å². The smallest absolute Gasteiger partial charge is 0.343 e. The monoisotopic (exact) mass is 428 g/mol. The van der Waals surface area contributed by atoms with Gasteiger partial charge >= 0.3 is 5.97 Å². The molecule has 9 nitrogen and oxygen atoms in total. The molecule has 0 bridgehead atoms. The van der Waals surface area contributed by atoms with Gasteiger partial charge in [0, 0.05) is 19.1 Å². The van der Waals surface area contributed by atoms with Gasteiger partial charge in [-0.1, -0.05) is 12.1 Å². The number of para-hydroxylation sites is 2. The first kappa shape index (κ1) is 19.3. The standard InChI is InChI=1S/C20H18F2N6O3/c21-13-15(26-24)11-16(14(22)17(13)27-6-5-8(23)7-27)28-10-4-2-1-3-9(10)25-19(28)12(18(11)29)20(30)31/h1-4,8,25-26H,5-7,23-24H2,(H,30,31). The Kier molecular flexibility index (Phi) is 4.14. The van der Waals surface area contributed by atoms with E-state index in [9.17, 15) is 14.7 Å². The number of anilines is 2. The number of nitrogens with zero attached hydrogens (tertiary/aromatic N) is 2. The average molecular weight is 428 g/mol. The summed E-state index contributed by atoms with van der Waals surface area (Å²) in [6.07, 6.45) is 0.544. The second-order valence-corrected chi connectivity index (χ2v) is 7.55. The van der Waals surface area contributed by atoms with E-state index < -0.39 is 39.7 Å². The zero-order valence-electron chi connectivity index (χ0n) is 16.1. The number of aromatic nitrogens is 2. The number of nitrogens with one attached hydrogen (secondary N) is 2. The third kappa shape index (κ3) is 2.53. The number of rotatable bonds is 3. The Labute approximate surface area is 172 Å². The first-order valence-electron chi connectivity index (χ1n) is 9.55. The highest BCUT2D eigenvalue weighted by atomic mass is 19.1. The number of hydrogen-bond donors (Lipinski definition) is 5. The van der Waals surface area contributed by atoms with Gasteiger partial charge in [-0.25, -0.2) is 13.6 Å². The van der Waals surface area contributed by atoms with Crippen LogP contribution in [0.1, 0.15) is 16.8 Å². The third-order valence-electron chi connectivity index (χ3n) is 5.77. The number of fused-ring (bicyclic) bond motifs is 5. The number of carboxylic acids is 1. The molecule has 5 rings (SSSR count). The lowest BCUT2D eigenvalue weighted by molar-refractivity contribution is 0.0697. The molecular weight excluding hydrogens is 410 g/mol. The molecular formula is C20H18F2N6O3. The number of pyridine rings is 1. The van der Waals surface area contributed by atoms with Gasteiger partial charge < -0.3 is 26.1 Å². The fraction of sp³-hybridized carbons (Fsp3) is 0.200. The molecule has 31 heavy (non-hydrogen) atoms. The van der Waals surface area contributed by atoms with E-state index in [4.69, 9.17) is 11.6 Å². The van der Waals surface area contributed by atoms with Crippen molar-refractivity contribution in [3.63, 3.8) is 0 Å². The van der Waals surface area contributed by atoms with Crippen LogP contribution in [0.3, 0.4) is 0 Å². The number of aromatic carboxylic acids is 1. The maximum atomic E-state index is 16.0. The van der Waals surface area contributed by atoms with Crippen molar-refractivity contribution in [1.82, 2.24) is 9.38 Å². The maximum absolute atomic E-state index is 16.0. The van der Waals surface area contributed by atoms with Crippen molar-refractivity contribution in [1.29, 1.82) is 0 Å². The van der Waals surface area contributed by atoms with Crippen molar-refractivity contribution in [2.75, 3.05) is 23.4 Å². The molecule has 1 fully saturated rings. The molecule has 0 spiro atoms. The van der Waals surface area contributed by atoms with Gasteiger partial charge in [0.15, 0.2) is 11.6 Å². The molecule has 11 heteroatoms. The van der Waals surface area contributed by atoms with Gasteiger partial charge in [-0.2, -0.15) is 0 Å². The van der Waals surface area contributed by atoms with Crippen LogP contribution in [-0.4, -0.2) is 39.6 Å². The van der Waals surface area contributed by atoms with Crippen molar-refractivity contribution in [3.05, 3.63) is 51.7 Å². The van der Waals surface area contributed by atoms with Crippen LogP contribution in [0.15, 0.2) is 29.1 Å². The number of carbonyl (C=O) groups is 1. The van der Waals surface area contributed by atoms with Crippen LogP contribution in [-0.2, 0) is 0 Å². The SMILES string of the molecule is NNc1c(F)c(N2CCC(N)C2)c(F)c2c1c(=O)c(C(=O)O)c1[nH]c3ccccc3n12. The van der Waals surface area contributed by atoms with E-state index in [-0.39, 0.29) is 29.4 Å². The van der Waals surface area contributed by atoms with Gasteiger partial charge in [0.25, 0.3) is 0 Å². The lowest BCUT2D eigenvalue weighted by atomic mass is 10.1. The number of benzene rings is 2. The summed E-state index contributed by atoms with van der Waals surface area (Å²) >= 11 is 0. The predicted octanol–water partition coefficient (Wildman–Crippen LogP) is 1.73. The fourth-order valence-electron chi connectivity index (χ4n) is 4.42. The molecule has 1 atom stereocenters. The summed E-state index contributed by atoms with van der Waals surface area (Å²) in [4.78, 5) is 29.4. The minimum absolute atomic E-state index is 0.108. The van der Waals surface area contributed by atoms with Crippen molar-refractivity contribution < 1.29 is 18.7 Å². The Morgan fingerprint density at radius 3 is 2.65 bits per heavy atom. The highest BCUT2D eigenvalue weighted by Crippen LogP contribution is 2.39. The number of hydrogen-bond acceptors (Lipinski definition) is 6. The van der Waals surface area contributed by atoms with Crippen LogP contribution in [0, 0.1) is 11.6 Å². The number of H-pyrrole nitrogens is 1. The highest BCUT2D eigenvalue weighted by Gasteiger charge is 2.33. The normalized spacial score (nSPS) is 16.6. The van der Waals surface area contributed by atoms with Gasteiger partial charge in [-0.3, -0.25) is 15.0 Å². The van der Waals surface area contributed by atoms with Crippen molar-refractivity contribution in [2.45, 2.75) is 12.5 Å². The second kappa shape index (κ2) is 6.65. The third-order valence-corrected chi connectivity index (χ3v) is 5.77. The number of aromatic amines is 1. The molecule has 1 saturated heterocycles. The summed E-state index contributed by atoms with van der Waals surface area (Å²) in [5.74, 6) is 1.93. The van der Waals surface area contributed by atoms with Crippen molar-refractivity contribution in [3.8, 4) is 0 Å². The number of carboxylic acid groups (broad SMARTS) is 1. The van der Waals surface area contributed by atoms with Crippen LogP contribution >= 0.6 is 0 Å². The average Bonchev–Trinajstić information content (AvgIpc) is 3.31. The van der Waals surface area contributed by atoms with E-state index in [1.165, 1.54) is 9.30 Å². The molecule has 2 aromatic heterocycles. The van der Waals surface area contributed by atoms with E-state index >= 15 is 8.78 Å². The molecule has 160 valence electrons. The van der Waals surface area contributed by atoms with Gasteiger partial charge in [0.1, 0.15) is 22.6 Å². The highest BCUT2D eigenvalue weighted by molar-refractivity contribution is 6.07. The lowest BCUT2D eigenvalue weighted by Crippen LogP contribution is -2.29. The summed E-state index contributed by atoms with van der Waals surface area (Å²) in [5, 5.41) is 9.23. The van der Waals surface area contributed by atoms with Gasteiger partial charge in [0.05, 0.1) is 21.9 Å². The molecule has 4 aromatic rings. The predicted molar refractivity (Wildman–Crippen MR) is 113 cm³/mol. The van der Waals surface area contributed by atoms with Crippen LogP contribution in [0.5, 0.6) is 0 Å². The Morgan fingerprint density at radius 1 is 1.26 bits per heavy atom. The fourth-order valence-corrected chi connectivity index (χ4v) is 4.42. The van der Waals surface area contributed by atoms with E-state index in [0.717, 1.165) is 0 Å². The summed E-state index contributed by atoms with van der Waals surface area (Å²) in [6.45, 7) is 0.548. The van der Waals surface area contributed by atoms with Gasteiger partial charge in [0.2, 0.25) is 5.43 Å². The molecule has 7 N–H and O–H groups in total. The van der Waals surface area contributed by atoms with Crippen LogP contribution in [0.4, 0.5) is 20.2 Å². The van der Waals surface area contributed by atoms with Gasteiger partial charge in [-0.15, -0.1) is 0 Å². The maximum Gasteiger partial charge on any atom is 0.343 e. The Morgan fingerprint density at radius 2 is 2.00 bits per heavy atom. The van der Waals surface area contributed by atoms with Crippen molar-refractivity contribution >= 4 is 44.9 Å². The minimum Gasteiger partial charge on any atom is -0.477 e. The quantitative estimate of drug-likeness (QED) is 0.247. The molecule has 0 radical (unpaired) electrons. The number of nitrogens with two attached hydrogens (primary N) is 2. The summed E-state index contributed by atoms with van der Waals surface area (Å²) in [5.41, 5.74) is 6.04. The van der Waals surface area contributed by atoms with Crippen molar-refractivity contribution in [2.24, 2.45) is 11.6 Å². The van der Waals surface area contributed by atoms with Crippen LogP contribution in [0.2, 0.25) is 0 Å². The Balaban J connectivity index is 2.08. The van der Waals surface area contributed by atoms with Gasteiger partial charge in [-0.05, 0) is 18.6 Å². The van der Waals surface area contributed by atoms with Crippen LogP contribution < -0.4 is 27.3 Å². The summed E-state index contributed by atoms with van der Waals surface area (Å²) in [6, 6.07) is 6.43. The summed E-state index contributed by atoms with van der Waals surface area (Å²) < 4.78 is 32.7. The number of hydrazine groups is 1.